The summed E-state index contributed by atoms with van der Waals surface area (Å²) in [5, 5.41) is 16.2. The molecular formula is C16H31N7O5S2. The molecule has 10 N–H and O–H groups in total. The minimum absolute atomic E-state index is 0.0474. The summed E-state index contributed by atoms with van der Waals surface area (Å²) in [5.41, 5.74) is 16.2. The number of nitrogens with two attached hydrogens (primary N) is 3. The molecule has 3 atom stereocenters. The van der Waals surface area contributed by atoms with E-state index in [4.69, 9.17) is 22.3 Å². The molecule has 0 heterocycles. The number of hydrogen-bond donors (Lipinski definition) is 8. The fourth-order valence-corrected chi connectivity index (χ4v) is 2.88. The Hall–Kier alpha value is -2.19. The molecule has 0 fully saturated rings. The lowest BCUT2D eigenvalue weighted by Gasteiger charge is -2.21. The summed E-state index contributed by atoms with van der Waals surface area (Å²) < 4.78 is 0. The molecule has 0 radical (unpaired) electrons. The number of hydrogen-bond acceptors (Lipinski definition) is 8. The van der Waals surface area contributed by atoms with Gasteiger partial charge in [-0.2, -0.15) is 24.4 Å². The highest BCUT2D eigenvalue weighted by Crippen LogP contribution is 2.02. The molecule has 0 aromatic rings. The average molecular weight is 466 g/mol. The number of carboxylic acids is 1. The van der Waals surface area contributed by atoms with Gasteiger partial charge >= 0.3 is 5.97 Å². The number of amides is 3. The fraction of sp³-hybridized carbons (Fsp3) is 0.688. The minimum Gasteiger partial charge on any atom is -0.480 e. The first-order valence-corrected chi connectivity index (χ1v) is 11.2. The highest BCUT2D eigenvalue weighted by atomic mass is 32.2. The van der Waals surface area contributed by atoms with Crippen molar-refractivity contribution in [2.75, 3.05) is 30.9 Å². The van der Waals surface area contributed by atoms with Crippen LogP contribution in [0.1, 0.15) is 19.3 Å². The molecule has 3 unspecified atom stereocenters. The number of nitrogens with zero attached hydrogens (tertiary/aromatic N) is 1. The molecule has 0 saturated carbocycles. The highest BCUT2D eigenvalue weighted by molar-refractivity contribution is 7.98. The maximum absolute atomic E-state index is 12.3. The van der Waals surface area contributed by atoms with Crippen molar-refractivity contribution >= 4 is 54.0 Å². The Bertz CT molecular complexity index is 617. The van der Waals surface area contributed by atoms with Crippen LogP contribution in [0, 0.1) is 0 Å². The topological polar surface area (TPSA) is 215 Å². The second kappa shape index (κ2) is 15.6. The lowest BCUT2D eigenvalue weighted by atomic mass is 10.1. The van der Waals surface area contributed by atoms with E-state index in [9.17, 15) is 19.2 Å². The number of carboxylic acid groups (broad SMARTS) is 1. The molecule has 0 aromatic carbocycles. The van der Waals surface area contributed by atoms with Crippen molar-refractivity contribution in [3.63, 3.8) is 0 Å². The van der Waals surface area contributed by atoms with Gasteiger partial charge in [0.1, 0.15) is 12.1 Å². The first kappa shape index (κ1) is 27.8. The van der Waals surface area contributed by atoms with E-state index in [0.717, 1.165) is 0 Å². The quantitative estimate of drug-likeness (QED) is 0.0542. The van der Waals surface area contributed by atoms with Crippen molar-refractivity contribution in [1.82, 2.24) is 16.0 Å². The zero-order chi connectivity index (χ0) is 23.1. The molecule has 3 amide bonds. The molecule has 0 aliphatic rings. The van der Waals surface area contributed by atoms with Gasteiger partial charge < -0.3 is 38.3 Å². The third-order valence-corrected chi connectivity index (χ3v) is 4.80. The van der Waals surface area contributed by atoms with Gasteiger partial charge in [0.15, 0.2) is 5.96 Å². The Labute approximate surface area is 184 Å². The van der Waals surface area contributed by atoms with E-state index in [1.165, 1.54) is 11.8 Å². The average Bonchev–Trinajstić information content (AvgIpc) is 2.69. The number of aliphatic imine (C=N–C) groups is 1. The summed E-state index contributed by atoms with van der Waals surface area (Å²) in [6.07, 6.45) is 2.93. The van der Waals surface area contributed by atoms with Crippen LogP contribution >= 0.6 is 24.4 Å². The minimum atomic E-state index is -1.23. The van der Waals surface area contributed by atoms with Gasteiger partial charge in [0.05, 0.1) is 12.6 Å². The number of carbonyl (C=O) groups excluding carboxylic acids is 3. The summed E-state index contributed by atoms with van der Waals surface area (Å²) in [4.78, 5) is 51.3. The molecule has 0 saturated heterocycles. The van der Waals surface area contributed by atoms with Crippen molar-refractivity contribution in [3.8, 4) is 0 Å². The van der Waals surface area contributed by atoms with Gasteiger partial charge in [-0.3, -0.25) is 19.4 Å². The molecule has 30 heavy (non-hydrogen) atoms. The first-order chi connectivity index (χ1) is 14.1. The Morgan fingerprint density at radius 3 is 2.30 bits per heavy atom. The lowest BCUT2D eigenvalue weighted by molar-refractivity contribution is -0.141. The van der Waals surface area contributed by atoms with Crippen molar-refractivity contribution in [2.24, 2.45) is 22.2 Å². The summed E-state index contributed by atoms with van der Waals surface area (Å²) in [6, 6.07) is -2.96. The van der Waals surface area contributed by atoms with Gasteiger partial charge in [-0.05, 0) is 31.3 Å². The summed E-state index contributed by atoms with van der Waals surface area (Å²) in [5.74, 6) is -2.58. The Balaban J connectivity index is 4.59. The molecule has 14 heteroatoms. The number of guanidine groups is 1. The molecule has 0 aromatic heterocycles. The lowest BCUT2D eigenvalue weighted by Crippen LogP contribution is -2.54. The maximum Gasteiger partial charge on any atom is 0.327 e. The number of thiol groups is 1. The number of aliphatic carboxylic acids is 1. The molecule has 0 bridgehead atoms. The second-order valence-electron chi connectivity index (χ2n) is 6.26. The number of rotatable bonds is 15. The van der Waals surface area contributed by atoms with Crippen LogP contribution in [0.5, 0.6) is 0 Å². The van der Waals surface area contributed by atoms with Crippen molar-refractivity contribution in [3.05, 3.63) is 0 Å². The highest BCUT2D eigenvalue weighted by Gasteiger charge is 2.25. The van der Waals surface area contributed by atoms with Gasteiger partial charge in [0, 0.05) is 12.3 Å². The van der Waals surface area contributed by atoms with Crippen LogP contribution < -0.4 is 33.2 Å². The Morgan fingerprint density at radius 2 is 1.77 bits per heavy atom. The zero-order valence-corrected chi connectivity index (χ0v) is 18.5. The largest absolute Gasteiger partial charge is 0.480 e. The molecule has 0 spiro atoms. The molecule has 0 rings (SSSR count). The van der Waals surface area contributed by atoms with E-state index in [2.05, 4.69) is 33.6 Å². The summed E-state index contributed by atoms with van der Waals surface area (Å²) >= 11 is 5.35. The number of thioether (sulfide) groups is 1. The van der Waals surface area contributed by atoms with E-state index in [0.29, 0.717) is 25.1 Å². The van der Waals surface area contributed by atoms with Gasteiger partial charge in [-0.25, -0.2) is 4.79 Å². The van der Waals surface area contributed by atoms with Crippen LogP contribution in [0.15, 0.2) is 4.99 Å². The van der Waals surface area contributed by atoms with Crippen LogP contribution in [0.4, 0.5) is 0 Å². The van der Waals surface area contributed by atoms with Gasteiger partial charge in [0.2, 0.25) is 17.7 Å². The van der Waals surface area contributed by atoms with Gasteiger partial charge in [0.25, 0.3) is 0 Å². The Morgan fingerprint density at radius 1 is 1.10 bits per heavy atom. The molecule has 12 nitrogen and oxygen atoms in total. The third kappa shape index (κ3) is 12.4. The maximum atomic E-state index is 12.3. The van der Waals surface area contributed by atoms with E-state index in [1.807, 2.05) is 6.26 Å². The predicted octanol–water partition coefficient (Wildman–Crippen LogP) is -2.78. The van der Waals surface area contributed by atoms with Crippen LogP contribution in [-0.4, -0.2) is 83.7 Å². The monoisotopic (exact) mass is 465 g/mol. The van der Waals surface area contributed by atoms with Crippen molar-refractivity contribution in [1.29, 1.82) is 0 Å². The molecule has 0 aliphatic heterocycles. The van der Waals surface area contributed by atoms with Gasteiger partial charge in [-0.1, -0.05) is 0 Å². The van der Waals surface area contributed by atoms with Crippen LogP contribution in [-0.2, 0) is 19.2 Å². The third-order valence-electron chi connectivity index (χ3n) is 3.79. The van der Waals surface area contributed by atoms with Crippen molar-refractivity contribution in [2.45, 2.75) is 37.4 Å². The van der Waals surface area contributed by atoms with Crippen molar-refractivity contribution < 1.29 is 24.3 Å². The second-order valence-corrected chi connectivity index (χ2v) is 7.61. The smallest absolute Gasteiger partial charge is 0.327 e. The van der Waals surface area contributed by atoms with Crippen LogP contribution in [0.3, 0.4) is 0 Å². The van der Waals surface area contributed by atoms with Crippen LogP contribution in [0.25, 0.3) is 0 Å². The predicted molar refractivity (Wildman–Crippen MR) is 119 cm³/mol. The van der Waals surface area contributed by atoms with Gasteiger partial charge in [-0.15, -0.1) is 0 Å². The summed E-state index contributed by atoms with van der Waals surface area (Å²) in [6.45, 7) is -0.0436. The molecule has 0 aliphatic carbocycles. The zero-order valence-electron chi connectivity index (χ0n) is 16.8. The van der Waals surface area contributed by atoms with E-state index in [1.54, 1.807) is 0 Å². The fourth-order valence-electron chi connectivity index (χ4n) is 2.16. The number of carbonyl (C=O) groups is 4. The SMILES string of the molecule is CSCCC(NC(=O)CNC(=O)C(N)CCCN=C(N)N)C(=O)NC(CS)C(=O)O. The Kier molecular flexibility index (Phi) is 14.5. The summed E-state index contributed by atoms with van der Waals surface area (Å²) in [7, 11) is 0. The molecule has 172 valence electrons. The normalized spacial score (nSPS) is 13.4. The molecular weight excluding hydrogens is 434 g/mol. The van der Waals surface area contributed by atoms with E-state index >= 15 is 0 Å². The number of nitrogens with one attached hydrogen (secondary N) is 3. The van der Waals surface area contributed by atoms with Crippen LogP contribution in [0.2, 0.25) is 0 Å². The van der Waals surface area contributed by atoms with E-state index in [-0.39, 0.29) is 24.7 Å². The van der Waals surface area contributed by atoms with E-state index < -0.39 is 41.8 Å². The first-order valence-electron chi connectivity index (χ1n) is 9.13. The standard InChI is InChI=1S/C16H31N7O5S2/c1-30-6-4-10(14(26)23-11(8-29)15(27)28)22-12(24)7-21-13(25)9(17)3-2-5-20-16(18)19/h9-11,29H,2-8,17H2,1H3,(H,21,25)(H,22,24)(H,23,26)(H,27,28)(H4,18,19,20).